The van der Waals surface area contributed by atoms with Crippen LogP contribution in [0.2, 0.25) is 0 Å². The lowest BCUT2D eigenvalue weighted by atomic mass is 10.2. The number of halogens is 1. The predicted molar refractivity (Wildman–Crippen MR) is 66.4 cm³/mol. The molecule has 0 radical (unpaired) electrons. The molecule has 0 aromatic rings. The number of sulfone groups is 1. The van der Waals surface area contributed by atoms with Gasteiger partial charge in [0.15, 0.2) is 9.84 Å². The van der Waals surface area contributed by atoms with Crippen molar-refractivity contribution in [3.63, 3.8) is 0 Å². The Morgan fingerprint density at radius 3 is 2.47 bits per heavy atom. The summed E-state index contributed by atoms with van der Waals surface area (Å²) in [4.78, 5) is 0. The summed E-state index contributed by atoms with van der Waals surface area (Å²) in [7, 11) is -2.82. The first-order valence-electron chi connectivity index (χ1n) is 5.53. The first kappa shape index (κ1) is 15.2. The van der Waals surface area contributed by atoms with Crippen LogP contribution in [0, 0.1) is 0 Å². The van der Waals surface area contributed by atoms with Gasteiger partial charge < -0.3 is 5.32 Å². The SMILES string of the molecule is CCCS(=O)(=O)CCNCCCC(C)Cl. The number of rotatable bonds is 9. The van der Waals surface area contributed by atoms with E-state index in [4.69, 9.17) is 11.6 Å². The van der Waals surface area contributed by atoms with Crippen LogP contribution in [0.4, 0.5) is 0 Å². The molecule has 0 heterocycles. The van der Waals surface area contributed by atoms with Crippen LogP contribution in [-0.4, -0.2) is 38.4 Å². The van der Waals surface area contributed by atoms with Crippen molar-refractivity contribution in [3.05, 3.63) is 0 Å². The van der Waals surface area contributed by atoms with Crippen molar-refractivity contribution >= 4 is 21.4 Å². The number of alkyl halides is 1. The summed E-state index contributed by atoms with van der Waals surface area (Å²) in [5, 5.41) is 3.32. The molecule has 1 N–H and O–H groups in total. The minimum atomic E-state index is -2.82. The van der Waals surface area contributed by atoms with Crippen LogP contribution in [0.3, 0.4) is 0 Å². The lowest BCUT2D eigenvalue weighted by Crippen LogP contribution is -2.25. The Bertz CT molecular complexity index is 240. The van der Waals surface area contributed by atoms with E-state index >= 15 is 0 Å². The quantitative estimate of drug-likeness (QED) is 0.505. The molecule has 15 heavy (non-hydrogen) atoms. The zero-order chi connectivity index (χ0) is 11.7. The smallest absolute Gasteiger partial charge is 0.151 e. The standard InChI is InChI=1S/C10H22ClNO2S/c1-3-8-15(13,14)9-7-12-6-4-5-10(2)11/h10,12H,3-9H2,1-2H3. The minimum absolute atomic E-state index is 0.204. The Hall–Kier alpha value is 0.200. The normalized spacial score (nSPS) is 14.1. The molecule has 0 rings (SSSR count). The summed E-state index contributed by atoms with van der Waals surface area (Å²) in [6, 6.07) is 0. The van der Waals surface area contributed by atoms with Crippen molar-refractivity contribution in [2.75, 3.05) is 24.6 Å². The number of hydrogen-bond acceptors (Lipinski definition) is 3. The molecule has 0 spiro atoms. The molecule has 3 nitrogen and oxygen atoms in total. The predicted octanol–water partition coefficient (Wildman–Crippen LogP) is 1.81. The zero-order valence-corrected chi connectivity index (χ0v) is 11.2. The van der Waals surface area contributed by atoms with E-state index in [-0.39, 0.29) is 11.1 Å². The Morgan fingerprint density at radius 2 is 1.93 bits per heavy atom. The van der Waals surface area contributed by atoms with Crippen molar-refractivity contribution < 1.29 is 8.42 Å². The van der Waals surface area contributed by atoms with Crippen LogP contribution in [0.15, 0.2) is 0 Å². The molecular weight excluding hydrogens is 234 g/mol. The molecule has 1 atom stereocenters. The topological polar surface area (TPSA) is 46.2 Å². The monoisotopic (exact) mass is 255 g/mol. The van der Waals surface area contributed by atoms with Gasteiger partial charge in [0.05, 0.1) is 5.75 Å². The molecule has 0 saturated carbocycles. The maximum absolute atomic E-state index is 11.3. The van der Waals surface area contributed by atoms with E-state index in [0.29, 0.717) is 18.7 Å². The van der Waals surface area contributed by atoms with Crippen LogP contribution in [0.5, 0.6) is 0 Å². The van der Waals surface area contributed by atoms with Crippen molar-refractivity contribution in [1.82, 2.24) is 5.32 Å². The Kier molecular flexibility index (Phi) is 8.47. The lowest BCUT2D eigenvalue weighted by molar-refractivity contribution is 0.585. The van der Waals surface area contributed by atoms with E-state index in [1.54, 1.807) is 0 Å². The molecule has 0 aliphatic carbocycles. The molecule has 0 fully saturated rings. The van der Waals surface area contributed by atoms with Gasteiger partial charge in [-0.25, -0.2) is 8.42 Å². The summed E-state index contributed by atoms with van der Waals surface area (Å²) < 4.78 is 22.6. The Balaban J connectivity index is 3.38. The third-order valence-electron chi connectivity index (χ3n) is 2.06. The van der Waals surface area contributed by atoms with E-state index < -0.39 is 9.84 Å². The highest BCUT2D eigenvalue weighted by atomic mass is 35.5. The van der Waals surface area contributed by atoms with E-state index in [0.717, 1.165) is 19.4 Å². The summed E-state index contributed by atoms with van der Waals surface area (Å²) in [5.41, 5.74) is 0. The second-order valence-electron chi connectivity index (χ2n) is 3.82. The molecular formula is C10H22ClNO2S. The summed E-state index contributed by atoms with van der Waals surface area (Å²) in [5.74, 6) is 0.546. The molecule has 0 aromatic heterocycles. The van der Waals surface area contributed by atoms with Crippen LogP contribution in [-0.2, 0) is 9.84 Å². The largest absolute Gasteiger partial charge is 0.316 e. The van der Waals surface area contributed by atoms with Gasteiger partial charge in [-0.3, -0.25) is 0 Å². The minimum Gasteiger partial charge on any atom is -0.316 e. The molecule has 0 aromatic carbocycles. The summed E-state index contributed by atoms with van der Waals surface area (Å²) >= 11 is 5.78. The van der Waals surface area contributed by atoms with Gasteiger partial charge in [-0.05, 0) is 32.7 Å². The van der Waals surface area contributed by atoms with Gasteiger partial charge in [0.2, 0.25) is 0 Å². The molecule has 0 aliphatic rings. The van der Waals surface area contributed by atoms with Gasteiger partial charge in [0.1, 0.15) is 0 Å². The molecule has 92 valence electrons. The molecule has 0 aliphatic heterocycles. The van der Waals surface area contributed by atoms with Gasteiger partial charge in [0, 0.05) is 17.7 Å². The Morgan fingerprint density at radius 1 is 1.27 bits per heavy atom. The van der Waals surface area contributed by atoms with Crippen molar-refractivity contribution in [1.29, 1.82) is 0 Å². The highest BCUT2D eigenvalue weighted by molar-refractivity contribution is 7.91. The fourth-order valence-electron chi connectivity index (χ4n) is 1.27. The van der Waals surface area contributed by atoms with Crippen LogP contribution in [0.1, 0.15) is 33.1 Å². The maximum atomic E-state index is 11.3. The Labute approximate surface area is 98.5 Å². The van der Waals surface area contributed by atoms with Gasteiger partial charge in [-0.2, -0.15) is 0 Å². The highest BCUT2D eigenvalue weighted by Gasteiger charge is 2.07. The van der Waals surface area contributed by atoms with E-state index in [9.17, 15) is 8.42 Å². The van der Waals surface area contributed by atoms with Gasteiger partial charge in [0.25, 0.3) is 0 Å². The average molecular weight is 256 g/mol. The van der Waals surface area contributed by atoms with Gasteiger partial charge in [-0.15, -0.1) is 11.6 Å². The summed E-state index contributed by atoms with van der Waals surface area (Å²) in [6.45, 7) is 5.25. The second kappa shape index (κ2) is 8.36. The van der Waals surface area contributed by atoms with E-state index in [1.165, 1.54) is 0 Å². The molecule has 0 bridgehead atoms. The lowest BCUT2D eigenvalue weighted by Gasteiger charge is -2.06. The first-order chi connectivity index (χ1) is 6.98. The van der Waals surface area contributed by atoms with Crippen molar-refractivity contribution in [2.24, 2.45) is 0 Å². The molecule has 0 saturated heterocycles. The number of hydrogen-bond donors (Lipinski definition) is 1. The third-order valence-corrected chi connectivity index (χ3v) is 4.14. The van der Waals surface area contributed by atoms with Gasteiger partial charge in [-0.1, -0.05) is 6.92 Å². The summed E-state index contributed by atoms with van der Waals surface area (Å²) in [6.07, 6.45) is 2.67. The van der Waals surface area contributed by atoms with Crippen LogP contribution < -0.4 is 5.32 Å². The van der Waals surface area contributed by atoms with Crippen molar-refractivity contribution in [2.45, 2.75) is 38.5 Å². The highest BCUT2D eigenvalue weighted by Crippen LogP contribution is 2.02. The molecule has 0 amide bonds. The second-order valence-corrected chi connectivity index (χ2v) is 6.87. The van der Waals surface area contributed by atoms with Gasteiger partial charge >= 0.3 is 0 Å². The number of nitrogens with one attached hydrogen (secondary N) is 1. The fourth-order valence-corrected chi connectivity index (χ4v) is 2.71. The molecule has 5 heteroatoms. The van der Waals surface area contributed by atoms with Crippen LogP contribution in [0.25, 0.3) is 0 Å². The van der Waals surface area contributed by atoms with Crippen molar-refractivity contribution in [3.8, 4) is 0 Å². The van der Waals surface area contributed by atoms with E-state index in [1.807, 2.05) is 13.8 Å². The first-order valence-corrected chi connectivity index (χ1v) is 7.79. The fraction of sp³-hybridized carbons (Fsp3) is 1.00. The molecule has 1 unspecified atom stereocenters. The van der Waals surface area contributed by atoms with E-state index in [2.05, 4.69) is 5.32 Å². The average Bonchev–Trinajstić information content (AvgIpc) is 2.10. The zero-order valence-electron chi connectivity index (χ0n) is 9.63. The van der Waals surface area contributed by atoms with Crippen LogP contribution >= 0.6 is 11.6 Å². The maximum Gasteiger partial charge on any atom is 0.151 e. The third kappa shape index (κ3) is 10.5.